The number of carbonyl (C=O) groups is 3. The molecule has 3 aliphatic rings. The van der Waals surface area contributed by atoms with Gasteiger partial charge in [0.05, 0.1) is 11.8 Å². The molecule has 9 nitrogen and oxygen atoms in total. The zero-order valence-corrected chi connectivity index (χ0v) is 25.4. The number of nitrogens with one attached hydrogen (secondary N) is 1. The van der Waals surface area contributed by atoms with Crippen LogP contribution in [0.2, 0.25) is 0 Å². The molecule has 3 aliphatic heterocycles. The molecule has 0 aliphatic carbocycles. The van der Waals surface area contributed by atoms with Gasteiger partial charge in [0.2, 0.25) is 5.91 Å². The lowest BCUT2D eigenvalue weighted by molar-refractivity contribution is -0.139. The van der Waals surface area contributed by atoms with Crippen molar-refractivity contribution in [2.45, 2.75) is 52.3 Å². The van der Waals surface area contributed by atoms with Gasteiger partial charge in [0.15, 0.2) is 10.9 Å². The molecule has 5 atom stereocenters. The van der Waals surface area contributed by atoms with E-state index >= 15 is 0 Å². The molecule has 1 aromatic heterocycles. The SMILES string of the molecule is C/C=C(\C)C1CN(C(=O)C(NC(=O)c2ccc(-c3csc(N4CCN(C)CC4)n3)cc2)C(C)CC)C2C(=O)COC12. The van der Waals surface area contributed by atoms with Crippen molar-refractivity contribution in [1.29, 1.82) is 0 Å². The minimum absolute atomic E-state index is 0.0230. The number of hydrogen-bond acceptors (Lipinski definition) is 8. The molecule has 0 spiro atoms. The zero-order valence-electron chi connectivity index (χ0n) is 24.6. The van der Waals surface area contributed by atoms with Gasteiger partial charge in [-0.15, -0.1) is 11.3 Å². The molecule has 2 amide bonds. The van der Waals surface area contributed by atoms with E-state index in [9.17, 15) is 14.4 Å². The fraction of sp³-hybridized carbons (Fsp3) is 0.548. The summed E-state index contributed by atoms with van der Waals surface area (Å²) in [6.45, 7) is 12.4. The van der Waals surface area contributed by atoms with Crippen molar-refractivity contribution in [1.82, 2.24) is 20.1 Å². The summed E-state index contributed by atoms with van der Waals surface area (Å²) in [4.78, 5) is 51.2. The Morgan fingerprint density at radius 1 is 1.20 bits per heavy atom. The number of allylic oxidation sites excluding steroid dienone is 1. The molecule has 0 bridgehead atoms. The fourth-order valence-electron chi connectivity index (χ4n) is 5.92. The number of benzene rings is 1. The second-order valence-corrected chi connectivity index (χ2v) is 12.4. The minimum Gasteiger partial charge on any atom is -0.367 e. The number of amides is 2. The number of rotatable bonds is 8. The number of nitrogens with zero attached hydrogens (tertiary/aromatic N) is 4. The molecular weight excluding hydrogens is 538 g/mol. The van der Waals surface area contributed by atoms with Crippen molar-refractivity contribution in [3.8, 4) is 11.3 Å². The summed E-state index contributed by atoms with van der Waals surface area (Å²) in [6.07, 6.45) is 2.39. The summed E-state index contributed by atoms with van der Waals surface area (Å²) in [5, 5.41) is 6.08. The van der Waals surface area contributed by atoms with Crippen LogP contribution in [-0.4, -0.2) is 96.9 Å². The lowest BCUT2D eigenvalue weighted by atomic mass is 9.94. The van der Waals surface area contributed by atoms with E-state index in [1.54, 1.807) is 28.4 Å². The van der Waals surface area contributed by atoms with Crippen LogP contribution >= 0.6 is 11.3 Å². The number of ether oxygens (including phenoxy) is 1. The molecular formula is C31H41N5O4S. The second kappa shape index (κ2) is 12.4. The third-order valence-corrected chi connectivity index (χ3v) is 9.88. The quantitative estimate of drug-likeness (QED) is 0.479. The number of fused-ring (bicyclic) bond motifs is 1. The van der Waals surface area contributed by atoms with Crippen molar-refractivity contribution in [2.24, 2.45) is 11.8 Å². The highest BCUT2D eigenvalue weighted by molar-refractivity contribution is 7.14. The van der Waals surface area contributed by atoms with E-state index in [-0.39, 0.29) is 42.1 Å². The topological polar surface area (TPSA) is 95.1 Å². The smallest absolute Gasteiger partial charge is 0.251 e. The van der Waals surface area contributed by atoms with Crippen LogP contribution in [0.4, 0.5) is 5.13 Å². The molecule has 4 heterocycles. The predicted octanol–water partition coefficient (Wildman–Crippen LogP) is 3.47. The van der Waals surface area contributed by atoms with E-state index in [0.29, 0.717) is 18.5 Å². The highest BCUT2D eigenvalue weighted by atomic mass is 32.1. The molecule has 0 radical (unpaired) electrons. The van der Waals surface area contributed by atoms with E-state index in [4.69, 9.17) is 9.72 Å². The van der Waals surface area contributed by atoms with Crippen molar-refractivity contribution < 1.29 is 19.1 Å². The van der Waals surface area contributed by atoms with Crippen LogP contribution < -0.4 is 10.2 Å². The zero-order chi connectivity index (χ0) is 29.3. The van der Waals surface area contributed by atoms with Crippen LogP contribution in [-0.2, 0) is 14.3 Å². The fourth-order valence-corrected chi connectivity index (χ4v) is 6.81. The van der Waals surface area contributed by atoms with Gasteiger partial charge < -0.3 is 24.8 Å². The number of thiazole rings is 1. The first-order valence-electron chi connectivity index (χ1n) is 14.6. The van der Waals surface area contributed by atoms with Crippen LogP contribution in [0.5, 0.6) is 0 Å². The molecule has 220 valence electrons. The summed E-state index contributed by atoms with van der Waals surface area (Å²) in [5.74, 6) is -0.728. The Kier molecular flexibility index (Phi) is 8.91. The number of Topliss-reactive ketones (excluding diaryl/α,β-unsaturated/α-hetero) is 1. The van der Waals surface area contributed by atoms with E-state index in [0.717, 1.165) is 48.1 Å². The van der Waals surface area contributed by atoms with Crippen LogP contribution in [0.3, 0.4) is 0 Å². The Bertz CT molecular complexity index is 1300. The van der Waals surface area contributed by atoms with Crippen LogP contribution in [0, 0.1) is 11.8 Å². The second-order valence-electron chi connectivity index (χ2n) is 11.5. The first-order valence-corrected chi connectivity index (χ1v) is 15.5. The summed E-state index contributed by atoms with van der Waals surface area (Å²) in [5.41, 5.74) is 3.42. The van der Waals surface area contributed by atoms with Crippen molar-refractivity contribution in [2.75, 3.05) is 51.3 Å². The Labute approximate surface area is 246 Å². The molecule has 10 heteroatoms. The van der Waals surface area contributed by atoms with Gasteiger partial charge in [-0.1, -0.05) is 44.1 Å². The van der Waals surface area contributed by atoms with E-state index in [2.05, 4.69) is 27.5 Å². The van der Waals surface area contributed by atoms with Gasteiger partial charge in [-0.2, -0.15) is 0 Å². The van der Waals surface area contributed by atoms with Gasteiger partial charge in [-0.25, -0.2) is 4.98 Å². The maximum Gasteiger partial charge on any atom is 0.251 e. The highest BCUT2D eigenvalue weighted by Gasteiger charge is 2.53. The molecule has 2 aromatic rings. The largest absolute Gasteiger partial charge is 0.367 e. The number of aromatic nitrogens is 1. The highest BCUT2D eigenvalue weighted by Crippen LogP contribution is 2.36. The number of carbonyl (C=O) groups excluding carboxylic acids is 3. The Morgan fingerprint density at radius 2 is 1.90 bits per heavy atom. The van der Waals surface area contributed by atoms with Gasteiger partial charge in [-0.3, -0.25) is 14.4 Å². The number of piperazine rings is 1. The van der Waals surface area contributed by atoms with Gasteiger partial charge in [0, 0.05) is 55.1 Å². The number of likely N-dealkylation sites (N-methyl/N-ethyl adjacent to an activating group) is 1. The molecule has 3 fully saturated rings. The van der Waals surface area contributed by atoms with Gasteiger partial charge in [0.1, 0.15) is 18.7 Å². The molecule has 1 aromatic carbocycles. The maximum atomic E-state index is 13.9. The van der Waals surface area contributed by atoms with E-state index < -0.39 is 12.1 Å². The normalized spacial score (nSPS) is 24.9. The minimum atomic E-state index is -0.740. The Balaban J connectivity index is 1.29. The van der Waals surface area contributed by atoms with Gasteiger partial charge in [-0.05, 0) is 38.9 Å². The van der Waals surface area contributed by atoms with Crippen LogP contribution in [0.1, 0.15) is 44.5 Å². The number of likely N-dealkylation sites (tertiary alicyclic amines) is 1. The van der Waals surface area contributed by atoms with Gasteiger partial charge >= 0.3 is 0 Å². The first kappa shape index (κ1) is 29.4. The summed E-state index contributed by atoms with van der Waals surface area (Å²) < 4.78 is 5.83. The van der Waals surface area contributed by atoms with Crippen molar-refractivity contribution >= 4 is 34.1 Å². The lowest BCUT2D eigenvalue weighted by Crippen LogP contribution is -2.54. The molecule has 0 saturated carbocycles. The molecule has 5 unspecified atom stereocenters. The van der Waals surface area contributed by atoms with Crippen molar-refractivity contribution in [3.63, 3.8) is 0 Å². The lowest BCUT2D eigenvalue weighted by Gasteiger charge is -2.32. The summed E-state index contributed by atoms with van der Waals surface area (Å²) in [7, 11) is 2.14. The monoisotopic (exact) mass is 579 g/mol. The molecule has 3 saturated heterocycles. The molecule has 41 heavy (non-hydrogen) atoms. The van der Waals surface area contributed by atoms with Crippen molar-refractivity contribution in [3.05, 3.63) is 46.9 Å². The standard InChI is InChI=1S/C31H41N5O4S/c1-6-19(3)23-16-36(27-25(37)17-40-28(23)27)30(39)26(20(4)7-2)33-29(38)22-10-8-21(9-11-22)24-18-41-31(32-24)35-14-12-34(5)13-15-35/h6,8-11,18,20,23,26-28H,7,12-17H2,1-5H3,(H,33,38)/b19-6+. The summed E-state index contributed by atoms with van der Waals surface area (Å²) in [6, 6.07) is 6.03. The van der Waals surface area contributed by atoms with Crippen LogP contribution in [0.25, 0.3) is 11.3 Å². The number of hydrogen-bond donors (Lipinski definition) is 1. The third-order valence-electron chi connectivity index (χ3n) is 8.98. The maximum absolute atomic E-state index is 13.9. The van der Waals surface area contributed by atoms with E-state index in [1.807, 2.05) is 45.9 Å². The van der Waals surface area contributed by atoms with E-state index in [1.165, 1.54) is 0 Å². The Morgan fingerprint density at radius 3 is 2.56 bits per heavy atom. The molecule has 1 N–H and O–H groups in total. The average Bonchev–Trinajstić information content (AvgIpc) is 3.72. The average molecular weight is 580 g/mol. The first-order chi connectivity index (χ1) is 19.7. The summed E-state index contributed by atoms with van der Waals surface area (Å²) >= 11 is 1.64. The Hall–Kier alpha value is -3.08. The van der Waals surface area contributed by atoms with Gasteiger partial charge in [0.25, 0.3) is 5.91 Å². The van der Waals surface area contributed by atoms with Crippen LogP contribution in [0.15, 0.2) is 41.3 Å². The molecule has 5 rings (SSSR count). The number of anilines is 1. The third kappa shape index (κ3) is 5.96. The predicted molar refractivity (Wildman–Crippen MR) is 161 cm³/mol. The number of ketones is 1.